The first kappa shape index (κ1) is 13.3. The molecule has 0 aliphatic carbocycles. The zero-order valence-electron chi connectivity index (χ0n) is 11.4. The average Bonchev–Trinajstić information content (AvgIpc) is 2.29. The van der Waals surface area contributed by atoms with Crippen molar-refractivity contribution in [2.45, 2.75) is 25.9 Å². The fourth-order valence-corrected chi connectivity index (χ4v) is 2.65. The normalized spacial score (nSPS) is 23.2. The SMILES string of the molecule is CC1CN(C)CCN1c1ccc(F)cc1[C@@H](C)N. The molecule has 1 aromatic carbocycles. The molecule has 1 unspecified atom stereocenters. The Morgan fingerprint density at radius 3 is 2.72 bits per heavy atom. The minimum absolute atomic E-state index is 0.150. The molecular formula is C14H22FN3. The lowest BCUT2D eigenvalue weighted by Crippen LogP contribution is -2.51. The summed E-state index contributed by atoms with van der Waals surface area (Å²) in [5.74, 6) is -0.215. The molecule has 1 heterocycles. The third kappa shape index (κ3) is 2.65. The van der Waals surface area contributed by atoms with Crippen LogP contribution in [0.1, 0.15) is 25.5 Å². The van der Waals surface area contributed by atoms with Crippen molar-refractivity contribution < 1.29 is 4.39 Å². The second kappa shape index (κ2) is 5.24. The zero-order chi connectivity index (χ0) is 13.3. The van der Waals surface area contributed by atoms with Gasteiger partial charge in [-0.3, -0.25) is 0 Å². The van der Waals surface area contributed by atoms with Gasteiger partial charge in [0.05, 0.1) is 0 Å². The van der Waals surface area contributed by atoms with E-state index in [4.69, 9.17) is 5.73 Å². The molecule has 0 bridgehead atoms. The summed E-state index contributed by atoms with van der Waals surface area (Å²) >= 11 is 0. The third-order valence-corrected chi connectivity index (χ3v) is 3.62. The fourth-order valence-electron chi connectivity index (χ4n) is 2.65. The second-order valence-electron chi connectivity index (χ2n) is 5.30. The molecule has 1 saturated heterocycles. The number of likely N-dealkylation sites (N-methyl/N-ethyl adjacent to an activating group) is 1. The van der Waals surface area contributed by atoms with Gasteiger partial charge in [0.25, 0.3) is 0 Å². The van der Waals surface area contributed by atoms with Crippen molar-refractivity contribution in [3.05, 3.63) is 29.6 Å². The van der Waals surface area contributed by atoms with E-state index >= 15 is 0 Å². The molecule has 100 valence electrons. The monoisotopic (exact) mass is 251 g/mol. The van der Waals surface area contributed by atoms with Crippen LogP contribution in [0.3, 0.4) is 0 Å². The fraction of sp³-hybridized carbons (Fsp3) is 0.571. The van der Waals surface area contributed by atoms with E-state index in [1.54, 1.807) is 6.07 Å². The number of nitrogens with two attached hydrogens (primary N) is 1. The number of benzene rings is 1. The number of rotatable bonds is 2. The van der Waals surface area contributed by atoms with Crippen molar-refractivity contribution in [2.24, 2.45) is 5.73 Å². The summed E-state index contributed by atoms with van der Waals surface area (Å²) in [4.78, 5) is 4.65. The number of anilines is 1. The summed E-state index contributed by atoms with van der Waals surface area (Å²) < 4.78 is 13.4. The molecule has 2 atom stereocenters. The third-order valence-electron chi connectivity index (χ3n) is 3.62. The van der Waals surface area contributed by atoms with Crippen molar-refractivity contribution in [1.29, 1.82) is 0 Å². The maximum Gasteiger partial charge on any atom is 0.123 e. The van der Waals surface area contributed by atoms with Crippen molar-refractivity contribution in [3.63, 3.8) is 0 Å². The first-order valence-electron chi connectivity index (χ1n) is 6.49. The quantitative estimate of drug-likeness (QED) is 0.872. The van der Waals surface area contributed by atoms with Crippen LogP contribution in [0.4, 0.5) is 10.1 Å². The molecule has 0 saturated carbocycles. The molecule has 18 heavy (non-hydrogen) atoms. The Balaban J connectivity index is 2.32. The van der Waals surface area contributed by atoms with Gasteiger partial charge in [-0.05, 0) is 44.7 Å². The Labute approximate surface area is 108 Å². The lowest BCUT2D eigenvalue weighted by atomic mass is 10.0. The van der Waals surface area contributed by atoms with Gasteiger partial charge >= 0.3 is 0 Å². The summed E-state index contributed by atoms with van der Waals surface area (Å²) in [5.41, 5.74) is 7.93. The van der Waals surface area contributed by atoms with E-state index in [9.17, 15) is 4.39 Å². The van der Waals surface area contributed by atoms with E-state index < -0.39 is 0 Å². The van der Waals surface area contributed by atoms with E-state index in [2.05, 4.69) is 23.8 Å². The molecule has 2 rings (SSSR count). The highest BCUT2D eigenvalue weighted by Gasteiger charge is 2.24. The molecule has 0 aromatic heterocycles. The Bertz CT molecular complexity index is 420. The van der Waals surface area contributed by atoms with E-state index in [0.717, 1.165) is 30.9 Å². The second-order valence-corrected chi connectivity index (χ2v) is 5.30. The van der Waals surface area contributed by atoms with Crippen molar-refractivity contribution in [3.8, 4) is 0 Å². The van der Waals surface area contributed by atoms with Crippen molar-refractivity contribution in [2.75, 3.05) is 31.6 Å². The highest BCUT2D eigenvalue weighted by atomic mass is 19.1. The van der Waals surface area contributed by atoms with Crippen LogP contribution in [0.15, 0.2) is 18.2 Å². The van der Waals surface area contributed by atoms with Gasteiger partial charge in [0.1, 0.15) is 5.82 Å². The van der Waals surface area contributed by atoms with Gasteiger partial charge in [-0.1, -0.05) is 0 Å². The number of hydrogen-bond acceptors (Lipinski definition) is 3. The first-order valence-corrected chi connectivity index (χ1v) is 6.49. The van der Waals surface area contributed by atoms with Crippen LogP contribution in [0.25, 0.3) is 0 Å². The molecule has 1 fully saturated rings. The molecular weight excluding hydrogens is 229 g/mol. The topological polar surface area (TPSA) is 32.5 Å². The van der Waals surface area contributed by atoms with E-state index in [1.165, 1.54) is 6.07 Å². The Hall–Kier alpha value is -1.13. The number of nitrogens with zero attached hydrogens (tertiary/aromatic N) is 2. The minimum atomic E-state index is -0.215. The van der Waals surface area contributed by atoms with Gasteiger partial charge in [0.15, 0.2) is 0 Å². The zero-order valence-corrected chi connectivity index (χ0v) is 11.4. The molecule has 1 aromatic rings. The predicted octanol–water partition coefficient (Wildman–Crippen LogP) is 1.99. The lowest BCUT2D eigenvalue weighted by molar-refractivity contribution is 0.275. The molecule has 0 spiro atoms. The molecule has 2 N–H and O–H groups in total. The van der Waals surface area contributed by atoms with Gasteiger partial charge in [-0.15, -0.1) is 0 Å². The van der Waals surface area contributed by atoms with Crippen LogP contribution in [-0.2, 0) is 0 Å². The highest BCUT2D eigenvalue weighted by Crippen LogP contribution is 2.29. The van der Waals surface area contributed by atoms with Gasteiger partial charge in [-0.25, -0.2) is 4.39 Å². The van der Waals surface area contributed by atoms with Crippen molar-refractivity contribution in [1.82, 2.24) is 4.90 Å². The minimum Gasteiger partial charge on any atom is -0.366 e. The summed E-state index contributed by atoms with van der Waals surface area (Å²) in [7, 11) is 2.13. The molecule has 1 aliphatic heterocycles. The summed E-state index contributed by atoms with van der Waals surface area (Å²) in [6.07, 6.45) is 0. The Morgan fingerprint density at radius 2 is 2.11 bits per heavy atom. The predicted molar refractivity (Wildman–Crippen MR) is 73.3 cm³/mol. The Morgan fingerprint density at radius 1 is 1.39 bits per heavy atom. The van der Waals surface area contributed by atoms with Gasteiger partial charge < -0.3 is 15.5 Å². The summed E-state index contributed by atoms with van der Waals surface area (Å²) in [6.45, 7) is 7.11. The van der Waals surface area contributed by atoms with Gasteiger partial charge in [0, 0.05) is 37.4 Å². The highest BCUT2D eigenvalue weighted by molar-refractivity contribution is 5.56. The van der Waals surface area contributed by atoms with Gasteiger partial charge in [0.2, 0.25) is 0 Å². The van der Waals surface area contributed by atoms with Gasteiger partial charge in [-0.2, -0.15) is 0 Å². The van der Waals surface area contributed by atoms with Crippen LogP contribution in [0.5, 0.6) is 0 Å². The molecule has 3 nitrogen and oxygen atoms in total. The molecule has 0 amide bonds. The van der Waals surface area contributed by atoms with Crippen LogP contribution in [-0.4, -0.2) is 37.6 Å². The standard InChI is InChI=1S/C14H22FN3/c1-10-9-17(3)6-7-18(10)14-5-4-12(15)8-13(14)11(2)16/h4-5,8,10-11H,6-7,9,16H2,1-3H3/t10?,11-/m1/s1. The Kier molecular flexibility index (Phi) is 3.88. The molecule has 0 radical (unpaired) electrons. The maximum absolute atomic E-state index is 13.4. The number of hydrogen-bond donors (Lipinski definition) is 1. The first-order chi connectivity index (χ1) is 8.49. The van der Waals surface area contributed by atoms with Crippen LogP contribution in [0.2, 0.25) is 0 Å². The van der Waals surface area contributed by atoms with E-state index in [-0.39, 0.29) is 11.9 Å². The maximum atomic E-state index is 13.4. The van der Waals surface area contributed by atoms with E-state index in [0.29, 0.717) is 6.04 Å². The smallest absolute Gasteiger partial charge is 0.123 e. The van der Waals surface area contributed by atoms with Crippen LogP contribution < -0.4 is 10.6 Å². The summed E-state index contributed by atoms with van der Waals surface area (Å²) in [5, 5.41) is 0. The molecule has 4 heteroatoms. The van der Waals surface area contributed by atoms with E-state index in [1.807, 2.05) is 13.0 Å². The summed E-state index contributed by atoms with van der Waals surface area (Å²) in [6, 6.07) is 5.21. The van der Waals surface area contributed by atoms with Crippen LogP contribution in [0, 0.1) is 5.82 Å². The molecule has 1 aliphatic rings. The number of halogens is 1. The lowest BCUT2D eigenvalue weighted by Gasteiger charge is -2.41. The average molecular weight is 251 g/mol. The van der Waals surface area contributed by atoms with Crippen molar-refractivity contribution >= 4 is 5.69 Å². The number of piperazine rings is 1. The van der Waals surface area contributed by atoms with Crippen LogP contribution >= 0.6 is 0 Å². The largest absolute Gasteiger partial charge is 0.366 e.